The maximum atomic E-state index is 9.70. The number of hydrogen-bond donors (Lipinski definition) is 0. The second-order valence-electron chi connectivity index (χ2n) is 0.577. The molecule has 0 aliphatic carbocycles. The van der Waals surface area contributed by atoms with Gasteiger partial charge in [-0.2, -0.15) is 0 Å². The SMILES string of the molecule is O=C(Br)OC(=O)Br. The minimum Gasteiger partial charge on any atom is -0.376 e. The summed E-state index contributed by atoms with van der Waals surface area (Å²) in [6.45, 7) is 0. The number of hydrogen-bond acceptors (Lipinski definition) is 3. The van der Waals surface area contributed by atoms with E-state index in [2.05, 4.69) is 36.6 Å². The molecule has 0 unspecified atom stereocenters. The van der Waals surface area contributed by atoms with Gasteiger partial charge in [-0.3, -0.25) is 0 Å². The van der Waals surface area contributed by atoms with Crippen LogP contribution in [0.3, 0.4) is 0 Å². The highest BCUT2D eigenvalue weighted by molar-refractivity contribution is 9.19. The fourth-order valence-electron chi connectivity index (χ4n) is 0.0631. The van der Waals surface area contributed by atoms with Crippen molar-refractivity contribution >= 4 is 41.6 Å². The molecule has 0 bridgehead atoms. The van der Waals surface area contributed by atoms with Crippen LogP contribution in [0.25, 0.3) is 0 Å². The van der Waals surface area contributed by atoms with E-state index >= 15 is 0 Å². The molecule has 0 aromatic carbocycles. The Bertz CT molecular complexity index is 87.1. The molecule has 0 heterocycles. The third-order valence-electron chi connectivity index (χ3n) is 0.160. The van der Waals surface area contributed by atoms with Crippen LogP contribution in [0.1, 0.15) is 0 Å². The average molecular weight is 232 g/mol. The van der Waals surface area contributed by atoms with Gasteiger partial charge in [0.25, 0.3) is 0 Å². The van der Waals surface area contributed by atoms with Gasteiger partial charge in [-0.05, 0) is 0 Å². The van der Waals surface area contributed by atoms with Crippen molar-refractivity contribution in [3.05, 3.63) is 0 Å². The fraction of sp³-hybridized carbons (Fsp3) is 0. The Kier molecular flexibility index (Phi) is 3.19. The molecule has 0 N–H and O–H groups in total. The lowest BCUT2D eigenvalue weighted by molar-refractivity contribution is 0.189. The lowest BCUT2D eigenvalue weighted by Crippen LogP contribution is -1.92. The fourth-order valence-corrected chi connectivity index (χ4v) is 0.574. The van der Waals surface area contributed by atoms with Gasteiger partial charge in [0.1, 0.15) is 0 Å². The standard InChI is InChI=1S/C2Br2O3/c3-1(5)7-2(4)6. The highest BCUT2D eigenvalue weighted by Gasteiger charge is 1.98. The van der Waals surface area contributed by atoms with Crippen molar-refractivity contribution in [3.63, 3.8) is 0 Å². The molecule has 5 heteroatoms. The van der Waals surface area contributed by atoms with Crippen molar-refractivity contribution in [2.75, 3.05) is 0 Å². The molecule has 0 saturated heterocycles. The van der Waals surface area contributed by atoms with E-state index in [0.29, 0.717) is 0 Å². The van der Waals surface area contributed by atoms with Gasteiger partial charge in [-0.25, -0.2) is 9.59 Å². The molecule has 3 nitrogen and oxygen atoms in total. The number of carbonyl (C=O) groups is 2. The molecule has 0 fully saturated rings. The summed E-state index contributed by atoms with van der Waals surface area (Å²) in [5.74, 6) is 0. The van der Waals surface area contributed by atoms with Gasteiger partial charge in [-0.1, -0.05) is 0 Å². The molecule has 40 valence electrons. The Labute approximate surface area is 56.3 Å². The molecule has 0 radical (unpaired) electrons. The maximum Gasteiger partial charge on any atom is 0.382 e. The quantitative estimate of drug-likeness (QED) is 0.473. The van der Waals surface area contributed by atoms with Crippen LogP contribution in [-0.4, -0.2) is 9.76 Å². The Morgan fingerprint density at radius 3 is 1.43 bits per heavy atom. The van der Waals surface area contributed by atoms with Gasteiger partial charge in [0.2, 0.25) is 0 Å². The number of rotatable bonds is 0. The minimum atomic E-state index is -0.797. The first-order valence-corrected chi connectivity index (χ1v) is 2.78. The first-order valence-electron chi connectivity index (χ1n) is 1.19. The zero-order valence-corrected chi connectivity index (χ0v) is 6.15. The average Bonchev–Trinajstić information content (AvgIpc) is 1.27. The Morgan fingerprint density at radius 2 is 1.43 bits per heavy atom. The predicted molar refractivity (Wildman–Crippen MR) is 29.7 cm³/mol. The summed E-state index contributed by atoms with van der Waals surface area (Å²) in [5, 5.41) is 0. The number of ether oxygens (including phenoxy) is 1. The number of carbonyl (C=O) groups excluding carboxylic acids is 2. The van der Waals surface area contributed by atoms with E-state index in [4.69, 9.17) is 0 Å². The Balaban J connectivity index is 3.32. The summed E-state index contributed by atoms with van der Waals surface area (Å²) in [6.07, 6.45) is 0. The van der Waals surface area contributed by atoms with E-state index in [9.17, 15) is 9.59 Å². The molecule has 0 aliphatic heterocycles. The van der Waals surface area contributed by atoms with E-state index in [0.717, 1.165) is 0 Å². The molecule has 7 heavy (non-hydrogen) atoms. The van der Waals surface area contributed by atoms with Crippen molar-refractivity contribution < 1.29 is 14.3 Å². The van der Waals surface area contributed by atoms with Crippen LogP contribution in [0.5, 0.6) is 0 Å². The van der Waals surface area contributed by atoms with Gasteiger partial charge in [-0.15, -0.1) is 0 Å². The summed E-state index contributed by atoms with van der Waals surface area (Å²) in [4.78, 5) is 17.8. The van der Waals surface area contributed by atoms with E-state index in [-0.39, 0.29) is 0 Å². The van der Waals surface area contributed by atoms with Crippen LogP contribution >= 0.6 is 31.9 Å². The molecule has 0 aliphatic rings. The molecule has 0 spiro atoms. The second kappa shape index (κ2) is 3.15. The summed E-state index contributed by atoms with van der Waals surface area (Å²) in [6, 6.07) is 0. The second-order valence-corrected chi connectivity index (χ2v) is 1.87. The zero-order chi connectivity index (χ0) is 5.86. The third-order valence-corrected chi connectivity index (χ3v) is 0.484. The molecular formula is C2Br2O3. The lowest BCUT2D eigenvalue weighted by Gasteiger charge is -1.83. The normalized spacial score (nSPS) is 7.71. The summed E-state index contributed by atoms with van der Waals surface area (Å²) >= 11 is 4.73. The minimum absolute atomic E-state index is 0.797. The highest BCUT2D eigenvalue weighted by atomic mass is 79.9. The summed E-state index contributed by atoms with van der Waals surface area (Å²) in [7, 11) is 0. The largest absolute Gasteiger partial charge is 0.382 e. The van der Waals surface area contributed by atoms with Crippen molar-refractivity contribution in [1.29, 1.82) is 0 Å². The molecule has 0 aromatic heterocycles. The van der Waals surface area contributed by atoms with Gasteiger partial charge >= 0.3 is 9.76 Å². The van der Waals surface area contributed by atoms with Crippen LogP contribution in [0.4, 0.5) is 9.59 Å². The third kappa shape index (κ3) is 6.10. The van der Waals surface area contributed by atoms with Gasteiger partial charge in [0, 0.05) is 31.9 Å². The molecule has 0 amide bonds. The van der Waals surface area contributed by atoms with E-state index in [1.807, 2.05) is 0 Å². The molecule has 0 saturated carbocycles. The van der Waals surface area contributed by atoms with Crippen LogP contribution in [0.15, 0.2) is 0 Å². The van der Waals surface area contributed by atoms with E-state index in [1.165, 1.54) is 0 Å². The maximum absolute atomic E-state index is 9.70. The molecule has 0 aromatic rings. The van der Waals surface area contributed by atoms with Crippen LogP contribution in [0.2, 0.25) is 0 Å². The van der Waals surface area contributed by atoms with Crippen molar-refractivity contribution in [2.45, 2.75) is 0 Å². The topological polar surface area (TPSA) is 43.4 Å². The summed E-state index contributed by atoms with van der Waals surface area (Å²) in [5.41, 5.74) is 0. The highest BCUT2D eigenvalue weighted by Crippen LogP contribution is 1.96. The molecule has 0 atom stereocenters. The zero-order valence-electron chi connectivity index (χ0n) is 2.98. The van der Waals surface area contributed by atoms with Gasteiger partial charge in [0.05, 0.1) is 0 Å². The molecular weight excluding hydrogens is 232 g/mol. The monoisotopic (exact) mass is 230 g/mol. The van der Waals surface area contributed by atoms with Crippen molar-refractivity contribution in [2.24, 2.45) is 0 Å². The van der Waals surface area contributed by atoms with Gasteiger partial charge < -0.3 is 4.74 Å². The molecule has 0 rings (SSSR count). The van der Waals surface area contributed by atoms with E-state index in [1.54, 1.807) is 0 Å². The Hall–Kier alpha value is 0.1000. The first kappa shape index (κ1) is 7.10. The van der Waals surface area contributed by atoms with Crippen LogP contribution in [-0.2, 0) is 4.74 Å². The lowest BCUT2D eigenvalue weighted by atomic mass is 11.4. The predicted octanol–water partition coefficient (Wildman–Crippen LogP) is 2.03. The first-order chi connectivity index (χ1) is 3.13. The summed E-state index contributed by atoms with van der Waals surface area (Å²) < 4.78 is 3.81. The number of halogens is 2. The van der Waals surface area contributed by atoms with Crippen LogP contribution < -0.4 is 0 Å². The smallest absolute Gasteiger partial charge is 0.376 e. The van der Waals surface area contributed by atoms with Crippen molar-refractivity contribution in [3.8, 4) is 0 Å². The van der Waals surface area contributed by atoms with E-state index < -0.39 is 9.76 Å². The van der Waals surface area contributed by atoms with Crippen molar-refractivity contribution in [1.82, 2.24) is 0 Å². The van der Waals surface area contributed by atoms with Crippen LogP contribution in [0, 0.1) is 0 Å². The van der Waals surface area contributed by atoms with Gasteiger partial charge in [0.15, 0.2) is 0 Å². The Morgan fingerprint density at radius 1 is 1.14 bits per heavy atom.